The van der Waals surface area contributed by atoms with Gasteiger partial charge in [-0.25, -0.2) is 0 Å². The van der Waals surface area contributed by atoms with Crippen LogP contribution >= 0.6 is 34.5 Å². The van der Waals surface area contributed by atoms with Gasteiger partial charge in [0.2, 0.25) is 0 Å². The molecule has 0 bridgehead atoms. The standard InChI is InChI=1S/C21H20Cl2N2O3S/c1-28-18-5-3-2-4-14(18)6-8-24-21(27)20-17(7-9-29-20)25-12-13-10-15(22)19(26)16(23)11-13/h2-5,7,9-11,25-26H,6,8,12H2,1H3,(H,24,27). The number of halogens is 2. The molecule has 1 heterocycles. The highest BCUT2D eigenvalue weighted by atomic mass is 35.5. The number of ether oxygens (including phenoxy) is 1. The Morgan fingerprint density at radius 1 is 1.17 bits per heavy atom. The van der Waals surface area contributed by atoms with Crippen molar-refractivity contribution in [2.24, 2.45) is 0 Å². The molecule has 2 aromatic carbocycles. The van der Waals surface area contributed by atoms with Crippen LogP contribution in [0.4, 0.5) is 5.69 Å². The van der Waals surface area contributed by atoms with Crippen LogP contribution in [0.3, 0.4) is 0 Å². The Morgan fingerprint density at radius 3 is 2.62 bits per heavy atom. The van der Waals surface area contributed by atoms with Crippen molar-refractivity contribution in [3.8, 4) is 11.5 Å². The average molecular weight is 451 g/mol. The lowest BCUT2D eigenvalue weighted by atomic mass is 10.1. The highest BCUT2D eigenvalue weighted by Gasteiger charge is 2.14. The quantitative estimate of drug-likeness (QED) is 0.432. The summed E-state index contributed by atoms with van der Waals surface area (Å²) < 4.78 is 5.34. The van der Waals surface area contributed by atoms with Crippen molar-refractivity contribution in [2.45, 2.75) is 13.0 Å². The van der Waals surface area contributed by atoms with Crippen molar-refractivity contribution in [1.29, 1.82) is 0 Å². The molecule has 1 aromatic heterocycles. The van der Waals surface area contributed by atoms with Crippen LogP contribution in [0.2, 0.25) is 10.0 Å². The molecule has 3 aromatic rings. The van der Waals surface area contributed by atoms with Gasteiger partial charge in [0.05, 0.1) is 22.8 Å². The van der Waals surface area contributed by atoms with Gasteiger partial charge in [0.1, 0.15) is 10.6 Å². The van der Waals surface area contributed by atoms with E-state index in [4.69, 9.17) is 27.9 Å². The van der Waals surface area contributed by atoms with Crippen LogP contribution in [0, 0.1) is 0 Å². The SMILES string of the molecule is COc1ccccc1CCNC(=O)c1sccc1NCc1cc(Cl)c(O)c(Cl)c1. The number of thiophene rings is 1. The van der Waals surface area contributed by atoms with E-state index >= 15 is 0 Å². The lowest BCUT2D eigenvalue weighted by Gasteiger charge is -2.11. The van der Waals surface area contributed by atoms with Gasteiger partial charge in [0.15, 0.2) is 5.75 Å². The normalized spacial score (nSPS) is 10.6. The van der Waals surface area contributed by atoms with E-state index in [2.05, 4.69) is 10.6 Å². The highest BCUT2D eigenvalue weighted by Crippen LogP contribution is 2.33. The Morgan fingerprint density at radius 2 is 1.90 bits per heavy atom. The van der Waals surface area contributed by atoms with Crippen LogP contribution in [-0.2, 0) is 13.0 Å². The van der Waals surface area contributed by atoms with Crippen LogP contribution in [-0.4, -0.2) is 24.7 Å². The van der Waals surface area contributed by atoms with Crippen molar-refractivity contribution in [3.05, 3.63) is 73.9 Å². The summed E-state index contributed by atoms with van der Waals surface area (Å²) in [5.74, 6) is 0.536. The minimum Gasteiger partial charge on any atom is -0.505 e. The van der Waals surface area contributed by atoms with Crippen LogP contribution in [0.15, 0.2) is 47.8 Å². The van der Waals surface area contributed by atoms with Gasteiger partial charge in [-0.3, -0.25) is 4.79 Å². The predicted octanol–water partition coefficient (Wildman–Crippen LogP) is 5.35. The maximum Gasteiger partial charge on any atom is 0.263 e. The number of phenols is 1. The molecule has 0 saturated heterocycles. The lowest BCUT2D eigenvalue weighted by Crippen LogP contribution is -2.25. The summed E-state index contributed by atoms with van der Waals surface area (Å²) in [6.07, 6.45) is 0.675. The third-order valence-corrected chi connectivity index (χ3v) is 5.79. The lowest BCUT2D eigenvalue weighted by molar-refractivity contribution is 0.0959. The monoisotopic (exact) mass is 450 g/mol. The summed E-state index contributed by atoms with van der Waals surface area (Å²) in [4.78, 5) is 13.2. The maximum atomic E-state index is 12.6. The summed E-state index contributed by atoms with van der Waals surface area (Å²) in [5.41, 5.74) is 2.57. The van der Waals surface area contributed by atoms with Crippen molar-refractivity contribution < 1.29 is 14.6 Å². The summed E-state index contributed by atoms with van der Waals surface area (Å²) in [6, 6.07) is 12.9. The number of hydrogen-bond acceptors (Lipinski definition) is 5. The number of para-hydroxylation sites is 1. The summed E-state index contributed by atoms with van der Waals surface area (Å²) in [7, 11) is 1.63. The van der Waals surface area contributed by atoms with E-state index in [1.165, 1.54) is 11.3 Å². The molecule has 0 fully saturated rings. The van der Waals surface area contributed by atoms with E-state index in [0.717, 1.165) is 22.6 Å². The fourth-order valence-electron chi connectivity index (χ4n) is 2.84. The van der Waals surface area contributed by atoms with Crippen LogP contribution < -0.4 is 15.4 Å². The molecule has 0 aliphatic heterocycles. The second kappa shape index (κ2) is 9.87. The Kier molecular flexibility index (Phi) is 7.25. The van der Waals surface area contributed by atoms with Gasteiger partial charge < -0.3 is 20.5 Å². The largest absolute Gasteiger partial charge is 0.505 e. The van der Waals surface area contributed by atoms with Gasteiger partial charge in [0.25, 0.3) is 5.91 Å². The zero-order valence-corrected chi connectivity index (χ0v) is 18.0. The molecule has 8 heteroatoms. The first kappa shape index (κ1) is 21.3. The zero-order valence-electron chi connectivity index (χ0n) is 15.7. The van der Waals surface area contributed by atoms with Crippen LogP contribution in [0.25, 0.3) is 0 Å². The third kappa shape index (κ3) is 5.35. The molecule has 0 spiro atoms. The Hall–Kier alpha value is -2.41. The number of carbonyl (C=O) groups is 1. The van der Waals surface area contributed by atoms with Crippen molar-refractivity contribution in [3.63, 3.8) is 0 Å². The Bertz CT molecular complexity index is 984. The number of phenolic OH excluding ortho intramolecular Hbond substituents is 1. The predicted molar refractivity (Wildman–Crippen MR) is 119 cm³/mol. The average Bonchev–Trinajstić information content (AvgIpc) is 3.19. The number of aromatic hydroxyl groups is 1. The topological polar surface area (TPSA) is 70.6 Å². The Labute approximate surface area is 183 Å². The number of hydrogen-bond donors (Lipinski definition) is 3. The van der Waals surface area contributed by atoms with Crippen LogP contribution in [0.1, 0.15) is 20.8 Å². The van der Waals surface area contributed by atoms with Gasteiger partial charge in [0, 0.05) is 13.1 Å². The van der Waals surface area contributed by atoms with E-state index in [9.17, 15) is 9.90 Å². The highest BCUT2D eigenvalue weighted by molar-refractivity contribution is 7.12. The molecule has 1 amide bonds. The molecule has 152 valence electrons. The van der Waals surface area contributed by atoms with E-state index in [-0.39, 0.29) is 21.7 Å². The number of nitrogens with one attached hydrogen (secondary N) is 2. The molecule has 0 aliphatic rings. The minimum atomic E-state index is -0.140. The molecular weight excluding hydrogens is 431 g/mol. The fraction of sp³-hybridized carbons (Fsp3) is 0.190. The van der Waals surface area contributed by atoms with Crippen molar-refractivity contribution in [2.75, 3.05) is 19.0 Å². The first-order chi connectivity index (χ1) is 14.0. The second-order valence-corrected chi connectivity index (χ2v) is 7.97. The number of amides is 1. The van der Waals surface area contributed by atoms with Gasteiger partial charge in [-0.05, 0) is 47.2 Å². The summed E-state index contributed by atoms with van der Waals surface area (Å²) in [6.45, 7) is 0.914. The second-order valence-electron chi connectivity index (χ2n) is 6.24. The number of benzene rings is 2. The van der Waals surface area contributed by atoms with Gasteiger partial charge in [-0.2, -0.15) is 0 Å². The van der Waals surface area contributed by atoms with Crippen LogP contribution in [0.5, 0.6) is 11.5 Å². The molecule has 0 unspecified atom stereocenters. The molecular formula is C21H20Cl2N2O3S. The summed E-state index contributed by atoms with van der Waals surface area (Å²) >= 11 is 13.3. The molecule has 0 aliphatic carbocycles. The third-order valence-electron chi connectivity index (χ3n) is 4.30. The molecule has 3 N–H and O–H groups in total. The molecule has 0 saturated carbocycles. The van der Waals surface area contributed by atoms with Gasteiger partial charge in [-0.1, -0.05) is 41.4 Å². The minimum absolute atomic E-state index is 0.136. The molecule has 0 atom stereocenters. The van der Waals surface area contributed by atoms with Gasteiger partial charge >= 0.3 is 0 Å². The Balaban J connectivity index is 1.58. The molecule has 0 radical (unpaired) electrons. The first-order valence-electron chi connectivity index (χ1n) is 8.88. The number of carbonyl (C=O) groups excluding carboxylic acids is 1. The smallest absolute Gasteiger partial charge is 0.263 e. The number of methoxy groups -OCH3 is 1. The molecule has 29 heavy (non-hydrogen) atoms. The van der Waals surface area contributed by atoms with Gasteiger partial charge in [-0.15, -0.1) is 11.3 Å². The van der Waals surface area contributed by atoms with E-state index in [0.29, 0.717) is 24.4 Å². The maximum absolute atomic E-state index is 12.6. The van der Waals surface area contributed by atoms with E-state index in [1.807, 2.05) is 35.7 Å². The van der Waals surface area contributed by atoms with Crippen molar-refractivity contribution in [1.82, 2.24) is 5.32 Å². The first-order valence-corrected chi connectivity index (χ1v) is 10.5. The summed E-state index contributed by atoms with van der Waals surface area (Å²) in [5, 5.41) is 18.1. The fourth-order valence-corrected chi connectivity index (χ4v) is 4.16. The van der Waals surface area contributed by atoms with Crippen molar-refractivity contribution >= 4 is 46.1 Å². The van der Waals surface area contributed by atoms with E-state index < -0.39 is 0 Å². The molecule has 3 rings (SSSR count). The molecule has 5 nitrogen and oxygen atoms in total. The number of rotatable bonds is 8. The van der Waals surface area contributed by atoms with E-state index in [1.54, 1.807) is 19.2 Å². The number of anilines is 1. The zero-order chi connectivity index (χ0) is 20.8.